The summed E-state index contributed by atoms with van der Waals surface area (Å²) in [4.78, 5) is 16.6. The van der Waals surface area contributed by atoms with Crippen molar-refractivity contribution in [3.63, 3.8) is 0 Å². The third kappa shape index (κ3) is 4.69. The molecule has 0 radical (unpaired) electrons. The van der Waals surface area contributed by atoms with E-state index in [1.807, 2.05) is 43.5 Å². The van der Waals surface area contributed by atoms with Crippen molar-refractivity contribution >= 4 is 28.8 Å². The number of amides is 1. The molecule has 0 fully saturated rings. The van der Waals surface area contributed by atoms with Crippen LogP contribution in [0.5, 0.6) is 5.75 Å². The molecule has 0 unspecified atom stereocenters. The molecule has 1 aromatic heterocycles. The Morgan fingerprint density at radius 2 is 2.04 bits per heavy atom. The quantitative estimate of drug-likeness (QED) is 0.772. The van der Waals surface area contributed by atoms with Crippen molar-refractivity contribution in [2.45, 2.75) is 20.3 Å². The van der Waals surface area contributed by atoms with Crippen molar-refractivity contribution in [3.8, 4) is 16.3 Å². The Morgan fingerprint density at radius 3 is 2.65 bits per heavy atom. The summed E-state index contributed by atoms with van der Waals surface area (Å²) in [5.41, 5.74) is 1.50. The van der Waals surface area contributed by atoms with Crippen molar-refractivity contribution < 1.29 is 9.53 Å². The van der Waals surface area contributed by atoms with Crippen molar-refractivity contribution in [2.24, 2.45) is 5.41 Å². The van der Waals surface area contributed by atoms with E-state index in [9.17, 15) is 4.79 Å². The summed E-state index contributed by atoms with van der Waals surface area (Å²) in [5.74, 6) is 1.10. The van der Waals surface area contributed by atoms with Gasteiger partial charge in [0.25, 0.3) is 0 Å². The summed E-state index contributed by atoms with van der Waals surface area (Å²) < 4.78 is 5.16. The number of halogens is 1. The molecule has 2 rings (SSSR count). The molecular formula is C17H21ClN2O2S. The van der Waals surface area contributed by atoms with Crippen molar-refractivity contribution in [1.82, 2.24) is 10.3 Å². The van der Waals surface area contributed by atoms with E-state index in [1.165, 1.54) is 0 Å². The van der Waals surface area contributed by atoms with Gasteiger partial charge in [-0.2, -0.15) is 0 Å². The van der Waals surface area contributed by atoms with Gasteiger partial charge in [0.05, 0.1) is 18.2 Å². The second-order valence-corrected chi connectivity index (χ2v) is 7.02. The Labute approximate surface area is 145 Å². The van der Waals surface area contributed by atoms with Gasteiger partial charge in [0, 0.05) is 29.8 Å². The van der Waals surface area contributed by atoms with E-state index in [1.54, 1.807) is 18.4 Å². The van der Waals surface area contributed by atoms with Crippen molar-refractivity contribution in [3.05, 3.63) is 35.3 Å². The predicted octanol–water partition coefficient (Wildman–Crippen LogP) is 3.74. The van der Waals surface area contributed by atoms with Crippen LogP contribution >= 0.6 is 22.9 Å². The highest BCUT2D eigenvalue weighted by Crippen LogP contribution is 2.25. The monoisotopic (exact) mass is 352 g/mol. The van der Waals surface area contributed by atoms with Crippen LogP contribution in [0.4, 0.5) is 0 Å². The Balaban J connectivity index is 1.91. The molecule has 0 aliphatic carbocycles. The summed E-state index contributed by atoms with van der Waals surface area (Å²) in [6, 6.07) is 7.83. The molecule has 0 saturated carbocycles. The van der Waals surface area contributed by atoms with Gasteiger partial charge >= 0.3 is 0 Å². The Bertz CT molecular complexity index is 653. The molecule has 0 bridgehead atoms. The Hall–Kier alpha value is -1.59. The van der Waals surface area contributed by atoms with Crippen molar-refractivity contribution in [2.75, 3.05) is 19.5 Å². The number of hydrogen-bond donors (Lipinski definition) is 1. The average molecular weight is 353 g/mol. The molecule has 0 saturated heterocycles. The smallest absolute Gasteiger partial charge is 0.226 e. The number of nitrogens with one attached hydrogen (secondary N) is 1. The molecule has 1 N–H and O–H groups in total. The van der Waals surface area contributed by atoms with Gasteiger partial charge in [-0.3, -0.25) is 4.79 Å². The number of carbonyl (C=O) groups excluding carboxylic acids is 1. The number of carbonyl (C=O) groups is 1. The lowest BCUT2D eigenvalue weighted by molar-refractivity contribution is -0.128. The third-order valence-electron chi connectivity index (χ3n) is 3.50. The van der Waals surface area contributed by atoms with Gasteiger partial charge in [0.2, 0.25) is 5.91 Å². The summed E-state index contributed by atoms with van der Waals surface area (Å²) in [7, 11) is 1.65. The fourth-order valence-electron chi connectivity index (χ4n) is 1.89. The number of aromatic nitrogens is 1. The van der Waals surface area contributed by atoms with Crippen LogP contribution in [0.15, 0.2) is 29.6 Å². The van der Waals surface area contributed by atoms with E-state index >= 15 is 0 Å². The maximum absolute atomic E-state index is 11.9. The van der Waals surface area contributed by atoms with E-state index in [0.29, 0.717) is 18.8 Å². The first kappa shape index (κ1) is 17.8. The maximum Gasteiger partial charge on any atom is 0.226 e. The Morgan fingerprint density at radius 1 is 1.35 bits per heavy atom. The third-order valence-corrected chi connectivity index (χ3v) is 5.11. The van der Waals surface area contributed by atoms with Gasteiger partial charge in [0.1, 0.15) is 10.8 Å². The number of rotatable bonds is 7. The first-order chi connectivity index (χ1) is 11.0. The highest BCUT2D eigenvalue weighted by atomic mass is 35.5. The summed E-state index contributed by atoms with van der Waals surface area (Å²) >= 11 is 7.40. The minimum atomic E-state index is -0.544. The number of methoxy groups -OCH3 is 1. The Kier molecular flexibility index (Phi) is 6.02. The predicted molar refractivity (Wildman–Crippen MR) is 95.3 cm³/mol. The van der Waals surface area contributed by atoms with Crippen LogP contribution < -0.4 is 10.1 Å². The molecule has 6 heteroatoms. The fraction of sp³-hybridized carbons (Fsp3) is 0.412. The second kappa shape index (κ2) is 7.79. The number of thiazole rings is 1. The zero-order valence-corrected chi connectivity index (χ0v) is 15.1. The number of benzene rings is 1. The minimum absolute atomic E-state index is 0.0295. The number of alkyl halides is 1. The fourth-order valence-corrected chi connectivity index (χ4v) is 2.87. The molecule has 1 aromatic carbocycles. The topological polar surface area (TPSA) is 51.2 Å². The normalized spacial score (nSPS) is 11.3. The lowest BCUT2D eigenvalue weighted by atomic mass is 9.95. The molecule has 1 amide bonds. The molecule has 2 aromatic rings. The molecule has 124 valence electrons. The van der Waals surface area contributed by atoms with Gasteiger partial charge < -0.3 is 10.1 Å². The van der Waals surface area contributed by atoms with Crippen LogP contribution in [0.2, 0.25) is 0 Å². The van der Waals surface area contributed by atoms with Gasteiger partial charge in [0.15, 0.2) is 0 Å². The van der Waals surface area contributed by atoms with Gasteiger partial charge in [-0.25, -0.2) is 4.98 Å². The zero-order valence-electron chi connectivity index (χ0n) is 13.6. The highest BCUT2D eigenvalue weighted by molar-refractivity contribution is 7.13. The maximum atomic E-state index is 11.9. The van der Waals surface area contributed by atoms with E-state index in [2.05, 4.69) is 10.3 Å². The van der Waals surface area contributed by atoms with E-state index < -0.39 is 5.41 Å². The molecule has 0 aliphatic heterocycles. The van der Waals surface area contributed by atoms with Crippen LogP contribution in [0, 0.1) is 5.41 Å². The van der Waals surface area contributed by atoms with Crippen LogP contribution in [-0.4, -0.2) is 30.4 Å². The number of ether oxygens (including phenoxy) is 1. The number of hydrogen-bond acceptors (Lipinski definition) is 4. The lowest BCUT2D eigenvalue weighted by Crippen LogP contribution is -2.39. The standard InChI is InChI=1S/C17H21ClN2O2S/c1-17(2,11-18)16(21)19-9-8-13-10-23-15(20-13)12-4-6-14(22-3)7-5-12/h4-7,10H,8-9,11H2,1-3H3,(H,19,21). The largest absolute Gasteiger partial charge is 0.497 e. The molecule has 23 heavy (non-hydrogen) atoms. The summed E-state index contributed by atoms with van der Waals surface area (Å²) in [6.07, 6.45) is 0.705. The lowest BCUT2D eigenvalue weighted by Gasteiger charge is -2.20. The molecular weight excluding hydrogens is 332 g/mol. The van der Waals surface area contributed by atoms with Gasteiger partial charge in [-0.05, 0) is 38.1 Å². The van der Waals surface area contributed by atoms with Crippen LogP contribution in [0.25, 0.3) is 10.6 Å². The average Bonchev–Trinajstić information content (AvgIpc) is 3.03. The van der Waals surface area contributed by atoms with E-state index in [0.717, 1.165) is 22.0 Å². The summed E-state index contributed by atoms with van der Waals surface area (Å²) in [6.45, 7) is 4.23. The first-order valence-electron chi connectivity index (χ1n) is 7.39. The van der Waals surface area contributed by atoms with Gasteiger partial charge in [-0.1, -0.05) is 0 Å². The molecule has 4 nitrogen and oxygen atoms in total. The van der Waals surface area contributed by atoms with E-state index in [-0.39, 0.29) is 5.91 Å². The molecule has 1 heterocycles. The van der Waals surface area contributed by atoms with E-state index in [4.69, 9.17) is 16.3 Å². The van der Waals surface area contributed by atoms with Crippen molar-refractivity contribution in [1.29, 1.82) is 0 Å². The van der Waals surface area contributed by atoms with Crippen LogP contribution in [-0.2, 0) is 11.2 Å². The highest BCUT2D eigenvalue weighted by Gasteiger charge is 2.25. The van der Waals surface area contributed by atoms with Crippen LogP contribution in [0.1, 0.15) is 19.5 Å². The first-order valence-corrected chi connectivity index (χ1v) is 8.81. The number of nitrogens with zero attached hydrogens (tertiary/aromatic N) is 1. The molecule has 0 spiro atoms. The second-order valence-electron chi connectivity index (χ2n) is 5.90. The summed E-state index contributed by atoms with van der Waals surface area (Å²) in [5, 5.41) is 5.91. The zero-order chi connectivity index (χ0) is 16.9. The molecule has 0 atom stereocenters. The van der Waals surface area contributed by atoms with Gasteiger partial charge in [-0.15, -0.1) is 22.9 Å². The minimum Gasteiger partial charge on any atom is -0.497 e. The SMILES string of the molecule is COc1ccc(-c2nc(CCNC(=O)C(C)(C)CCl)cs2)cc1. The molecule has 0 aliphatic rings. The van der Waals surface area contributed by atoms with Crippen LogP contribution in [0.3, 0.4) is 0 Å².